The second kappa shape index (κ2) is 7.90. The highest BCUT2D eigenvalue weighted by Crippen LogP contribution is 2.21. The van der Waals surface area contributed by atoms with Crippen LogP contribution in [0.3, 0.4) is 0 Å². The minimum atomic E-state index is 0.519. The maximum Gasteiger partial charge on any atom is 0.249 e. The first kappa shape index (κ1) is 16.4. The van der Waals surface area contributed by atoms with E-state index in [1.807, 2.05) is 0 Å². The number of aryl methyl sites for hydroxylation is 2. The maximum absolute atomic E-state index is 4.51. The van der Waals surface area contributed by atoms with E-state index in [4.69, 9.17) is 0 Å². The van der Waals surface area contributed by atoms with Gasteiger partial charge in [0.15, 0.2) is 5.82 Å². The second-order valence-electron chi connectivity index (χ2n) is 6.39. The van der Waals surface area contributed by atoms with Gasteiger partial charge in [0.25, 0.3) is 0 Å². The lowest BCUT2D eigenvalue weighted by molar-refractivity contribution is 0.679. The first-order valence-corrected chi connectivity index (χ1v) is 8.66. The highest BCUT2D eigenvalue weighted by Gasteiger charge is 2.06. The van der Waals surface area contributed by atoms with Crippen LogP contribution in [0.4, 0.5) is 17.5 Å². The summed E-state index contributed by atoms with van der Waals surface area (Å²) in [4.78, 5) is 4.51. The molecule has 3 rings (SSSR count). The lowest BCUT2D eigenvalue weighted by atomic mass is 9.97. The molecule has 2 N–H and O–H groups in total. The van der Waals surface area contributed by atoms with Gasteiger partial charge in [-0.05, 0) is 63.1 Å². The third-order valence-corrected chi connectivity index (χ3v) is 4.34. The number of allylic oxidation sites excluding steroid dienone is 1. The van der Waals surface area contributed by atoms with Crippen molar-refractivity contribution in [2.45, 2.75) is 46.0 Å². The monoisotopic (exact) mass is 323 g/mol. The van der Waals surface area contributed by atoms with Crippen molar-refractivity contribution in [1.29, 1.82) is 0 Å². The van der Waals surface area contributed by atoms with Gasteiger partial charge in [-0.3, -0.25) is 0 Å². The van der Waals surface area contributed by atoms with Crippen molar-refractivity contribution < 1.29 is 0 Å². The first-order valence-electron chi connectivity index (χ1n) is 8.66. The van der Waals surface area contributed by atoms with Gasteiger partial charge >= 0.3 is 0 Å². The van der Waals surface area contributed by atoms with Crippen molar-refractivity contribution in [3.8, 4) is 0 Å². The Bertz CT molecular complexity index is 723. The molecule has 0 saturated carbocycles. The summed E-state index contributed by atoms with van der Waals surface area (Å²) in [6, 6.07) is 6.27. The van der Waals surface area contributed by atoms with Gasteiger partial charge in [-0.1, -0.05) is 23.8 Å². The molecule has 1 aromatic carbocycles. The van der Waals surface area contributed by atoms with Gasteiger partial charge < -0.3 is 10.6 Å². The molecule has 0 saturated heterocycles. The van der Waals surface area contributed by atoms with Crippen LogP contribution in [0, 0.1) is 13.8 Å². The zero-order chi connectivity index (χ0) is 16.8. The smallest absolute Gasteiger partial charge is 0.249 e. The van der Waals surface area contributed by atoms with Crippen LogP contribution >= 0.6 is 0 Å². The Kier molecular flexibility index (Phi) is 5.41. The Labute approximate surface area is 143 Å². The number of benzene rings is 1. The van der Waals surface area contributed by atoms with E-state index in [-0.39, 0.29) is 0 Å². The highest BCUT2D eigenvalue weighted by molar-refractivity contribution is 5.59. The fourth-order valence-corrected chi connectivity index (χ4v) is 2.92. The van der Waals surface area contributed by atoms with E-state index in [0.717, 1.165) is 30.0 Å². The van der Waals surface area contributed by atoms with Crippen molar-refractivity contribution in [3.05, 3.63) is 47.2 Å². The average molecular weight is 323 g/mol. The predicted molar refractivity (Wildman–Crippen MR) is 98.7 cm³/mol. The van der Waals surface area contributed by atoms with E-state index >= 15 is 0 Å². The maximum atomic E-state index is 4.51. The molecule has 5 nitrogen and oxygen atoms in total. The van der Waals surface area contributed by atoms with Gasteiger partial charge in [0.05, 0.1) is 6.20 Å². The summed E-state index contributed by atoms with van der Waals surface area (Å²) in [5, 5.41) is 14.7. The fourth-order valence-electron chi connectivity index (χ4n) is 2.92. The standard InChI is InChI=1S/C19H25N5/c1-14-8-9-15(2)17(12-14)22-19-23-18(13-21-24-19)20-11-10-16-6-4-3-5-7-16/h6,8-9,12-13H,3-5,7,10-11H2,1-2H3,(H2,20,22,23,24). The molecule has 2 aromatic rings. The van der Waals surface area contributed by atoms with E-state index in [2.05, 4.69) is 63.9 Å². The van der Waals surface area contributed by atoms with Crippen LogP contribution in [-0.2, 0) is 0 Å². The topological polar surface area (TPSA) is 62.7 Å². The third kappa shape index (κ3) is 4.54. The summed E-state index contributed by atoms with van der Waals surface area (Å²) in [5.41, 5.74) is 4.93. The quantitative estimate of drug-likeness (QED) is 0.764. The van der Waals surface area contributed by atoms with Crippen LogP contribution < -0.4 is 10.6 Å². The van der Waals surface area contributed by atoms with E-state index in [1.165, 1.54) is 31.2 Å². The fraction of sp³-hybridized carbons (Fsp3) is 0.421. The lowest BCUT2D eigenvalue weighted by Crippen LogP contribution is -2.08. The SMILES string of the molecule is Cc1ccc(C)c(Nc2nncc(NCCC3=CCCCC3)n2)c1. The Hall–Kier alpha value is -2.43. The minimum absolute atomic E-state index is 0.519. The van der Waals surface area contributed by atoms with Crippen molar-refractivity contribution >= 4 is 17.5 Å². The molecule has 1 aromatic heterocycles. The minimum Gasteiger partial charge on any atom is -0.368 e. The Morgan fingerprint density at radius 2 is 2.08 bits per heavy atom. The van der Waals surface area contributed by atoms with Crippen LogP contribution in [-0.4, -0.2) is 21.7 Å². The lowest BCUT2D eigenvalue weighted by Gasteiger charge is -2.13. The molecule has 1 aliphatic rings. The van der Waals surface area contributed by atoms with E-state index in [9.17, 15) is 0 Å². The zero-order valence-electron chi connectivity index (χ0n) is 14.5. The number of hydrogen-bond donors (Lipinski definition) is 2. The Morgan fingerprint density at radius 1 is 1.17 bits per heavy atom. The van der Waals surface area contributed by atoms with Crippen LogP contribution in [0.1, 0.15) is 43.2 Å². The van der Waals surface area contributed by atoms with Crippen LogP contribution in [0.25, 0.3) is 0 Å². The average Bonchev–Trinajstić information content (AvgIpc) is 2.60. The molecule has 1 heterocycles. The molecule has 0 radical (unpaired) electrons. The molecule has 0 amide bonds. The third-order valence-electron chi connectivity index (χ3n) is 4.34. The molecular weight excluding hydrogens is 298 g/mol. The molecule has 5 heteroatoms. The number of aromatic nitrogens is 3. The Balaban J connectivity index is 1.59. The van der Waals surface area contributed by atoms with Crippen molar-refractivity contribution in [2.75, 3.05) is 17.2 Å². The molecule has 0 fully saturated rings. The zero-order valence-corrected chi connectivity index (χ0v) is 14.5. The number of hydrogen-bond acceptors (Lipinski definition) is 5. The highest BCUT2D eigenvalue weighted by atomic mass is 15.3. The summed E-state index contributed by atoms with van der Waals surface area (Å²) >= 11 is 0. The van der Waals surface area contributed by atoms with Gasteiger partial charge in [0.1, 0.15) is 0 Å². The molecule has 24 heavy (non-hydrogen) atoms. The number of anilines is 3. The summed E-state index contributed by atoms with van der Waals surface area (Å²) in [7, 11) is 0. The number of nitrogens with one attached hydrogen (secondary N) is 2. The van der Waals surface area contributed by atoms with Crippen LogP contribution in [0.15, 0.2) is 36.0 Å². The van der Waals surface area contributed by atoms with Crippen LogP contribution in [0.2, 0.25) is 0 Å². The summed E-state index contributed by atoms with van der Waals surface area (Å²) < 4.78 is 0. The number of nitrogens with zero attached hydrogens (tertiary/aromatic N) is 3. The van der Waals surface area contributed by atoms with E-state index in [1.54, 1.807) is 11.8 Å². The molecule has 0 atom stereocenters. The molecule has 0 bridgehead atoms. The van der Waals surface area contributed by atoms with Crippen molar-refractivity contribution in [3.63, 3.8) is 0 Å². The largest absolute Gasteiger partial charge is 0.368 e. The molecule has 0 spiro atoms. The number of rotatable bonds is 6. The second-order valence-corrected chi connectivity index (χ2v) is 6.39. The molecule has 0 unspecified atom stereocenters. The van der Waals surface area contributed by atoms with Crippen molar-refractivity contribution in [2.24, 2.45) is 0 Å². The predicted octanol–water partition coefficient (Wildman–Crippen LogP) is 4.53. The van der Waals surface area contributed by atoms with Gasteiger partial charge in [-0.25, -0.2) is 0 Å². The van der Waals surface area contributed by atoms with Crippen LogP contribution in [0.5, 0.6) is 0 Å². The van der Waals surface area contributed by atoms with Gasteiger partial charge in [0.2, 0.25) is 5.95 Å². The van der Waals surface area contributed by atoms with E-state index < -0.39 is 0 Å². The Morgan fingerprint density at radius 3 is 2.92 bits per heavy atom. The normalized spacial score (nSPS) is 14.2. The molecular formula is C19H25N5. The van der Waals surface area contributed by atoms with Gasteiger partial charge in [-0.2, -0.15) is 10.1 Å². The molecule has 0 aliphatic heterocycles. The van der Waals surface area contributed by atoms with E-state index in [0.29, 0.717) is 5.95 Å². The molecule has 126 valence electrons. The van der Waals surface area contributed by atoms with Crippen molar-refractivity contribution in [1.82, 2.24) is 15.2 Å². The summed E-state index contributed by atoms with van der Waals surface area (Å²) in [5.74, 6) is 1.28. The van der Waals surface area contributed by atoms with Gasteiger partial charge in [-0.15, -0.1) is 5.10 Å². The summed E-state index contributed by atoms with van der Waals surface area (Å²) in [6.07, 6.45) is 10.3. The van der Waals surface area contributed by atoms with Gasteiger partial charge in [0, 0.05) is 12.2 Å². The first-order chi connectivity index (χ1) is 11.7. The molecule has 1 aliphatic carbocycles. The summed E-state index contributed by atoms with van der Waals surface area (Å²) in [6.45, 7) is 5.02.